The van der Waals surface area contributed by atoms with E-state index >= 15 is 0 Å². The molecule has 27 heavy (non-hydrogen) atoms. The van der Waals surface area contributed by atoms with Gasteiger partial charge in [-0.05, 0) is 35.7 Å². The van der Waals surface area contributed by atoms with Gasteiger partial charge in [0.2, 0.25) is 0 Å². The summed E-state index contributed by atoms with van der Waals surface area (Å²) in [5.74, 6) is 0.941. The van der Waals surface area contributed by atoms with Crippen molar-refractivity contribution in [3.05, 3.63) is 64.7 Å². The zero-order valence-electron chi connectivity index (χ0n) is 15.7. The Morgan fingerprint density at radius 2 is 1.89 bits per heavy atom. The minimum Gasteiger partial charge on any atom is -0.496 e. The molecule has 1 aliphatic heterocycles. The maximum Gasteiger partial charge on any atom is 0.317 e. The number of para-hydroxylation sites is 1. The van der Waals surface area contributed by atoms with Gasteiger partial charge < -0.3 is 15.0 Å². The average Bonchev–Trinajstić information content (AvgIpc) is 2.71. The molecule has 0 spiro atoms. The predicted octanol–water partition coefficient (Wildman–Crippen LogP) is 3.42. The highest BCUT2D eigenvalue weighted by atomic mass is 35.5. The third kappa shape index (κ3) is 5.62. The molecule has 2 aromatic carbocycles. The number of carbonyl (C=O) groups excluding carboxylic acids is 1. The third-order valence-corrected chi connectivity index (χ3v) is 5.12. The van der Waals surface area contributed by atoms with Crippen LogP contribution in [0.15, 0.2) is 48.5 Å². The van der Waals surface area contributed by atoms with E-state index in [4.69, 9.17) is 16.3 Å². The number of carbonyl (C=O) groups is 1. The second-order valence-electron chi connectivity index (χ2n) is 6.68. The van der Waals surface area contributed by atoms with Gasteiger partial charge in [-0.1, -0.05) is 41.9 Å². The normalized spacial score (nSPS) is 14.8. The van der Waals surface area contributed by atoms with Crippen LogP contribution in [-0.2, 0) is 13.0 Å². The van der Waals surface area contributed by atoms with E-state index in [1.807, 2.05) is 47.4 Å². The summed E-state index contributed by atoms with van der Waals surface area (Å²) in [6.07, 6.45) is 0.949. The number of methoxy groups -OCH3 is 1. The van der Waals surface area contributed by atoms with E-state index in [2.05, 4.69) is 16.3 Å². The van der Waals surface area contributed by atoms with Crippen molar-refractivity contribution in [2.75, 3.05) is 39.8 Å². The van der Waals surface area contributed by atoms with Crippen LogP contribution in [0.1, 0.15) is 11.1 Å². The number of halogens is 1. The largest absolute Gasteiger partial charge is 0.496 e. The van der Waals surface area contributed by atoms with Crippen LogP contribution >= 0.6 is 11.6 Å². The molecule has 3 rings (SSSR count). The second-order valence-corrected chi connectivity index (χ2v) is 7.12. The molecule has 1 heterocycles. The molecule has 0 aromatic heterocycles. The number of rotatable bonds is 6. The van der Waals surface area contributed by atoms with Crippen molar-refractivity contribution in [1.29, 1.82) is 0 Å². The van der Waals surface area contributed by atoms with Crippen molar-refractivity contribution < 1.29 is 9.53 Å². The Bertz CT molecular complexity index is 761. The summed E-state index contributed by atoms with van der Waals surface area (Å²) >= 11 is 5.98. The second kappa shape index (κ2) is 9.62. The molecular weight excluding hydrogens is 362 g/mol. The quantitative estimate of drug-likeness (QED) is 0.826. The minimum atomic E-state index is -0.0145. The van der Waals surface area contributed by atoms with Gasteiger partial charge in [0.25, 0.3) is 0 Å². The number of hydrogen-bond donors (Lipinski definition) is 1. The Labute approximate surface area is 165 Å². The number of nitrogens with one attached hydrogen (secondary N) is 1. The number of urea groups is 1. The lowest BCUT2D eigenvalue weighted by atomic mass is 10.1. The van der Waals surface area contributed by atoms with Gasteiger partial charge in [-0.15, -0.1) is 0 Å². The van der Waals surface area contributed by atoms with Gasteiger partial charge in [0.15, 0.2) is 0 Å². The summed E-state index contributed by atoms with van der Waals surface area (Å²) in [4.78, 5) is 16.6. The highest BCUT2D eigenvalue weighted by molar-refractivity contribution is 6.30. The Morgan fingerprint density at radius 3 is 2.63 bits per heavy atom. The summed E-state index contributed by atoms with van der Waals surface area (Å²) < 4.78 is 5.42. The Balaban J connectivity index is 1.41. The molecule has 2 aromatic rings. The van der Waals surface area contributed by atoms with Gasteiger partial charge in [0, 0.05) is 44.3 Å². The fourth-order valence-electron chi connectivity index (χ4n) is 3.30. The van der Waals surface area contributed by atoms with Crippen LogP contribution in [0, 0.1) is 0 Å². The first-order chi connectivity index (χ1) is 13.2. The van der Waals surface area contributed by atoms with E-state index < -0.39 is 0 Å². The Morgan fingerprint density at radius 1 is 1.11 bits per heavy atom. The molecule has 0 bridgehead atoms. The number of amides is 2. The monoisotopic (exact) mass is 387 g/mol. The summed E-state index contributed by atoms with van der Waals surface area (Å²) in [6.45, 7) is 4.73. The summed E-state index contributed by atoms with van der Waals surface area (Å²) in [7, 11) is 1.71. The highest BCUT2D eigenvalue weighted by Gasteiger charge is 2.20. The summed E-state index contributed by atoms with van der Waals surface area (Å²) in [5.41, 5.74) is 2.23. The van der Waals surface area contributed by atoms with Gasteiger partial charge in [0.05, 0.1) is 7.11 Å². The van der Waals surface area contributed by atoms with E-state index in [9.17, 15) is 4.79 Å². The topological polar surface area (TPSA) is 44.8 Å². The molecule has 0 saturated carbocycles. The van der Waals surface area contributed by atoms with Crippen molar-refractivity contribution in [2.24, 2.45) is 0 Å². The maximum absolute atomic E-state index is 12.4. The van der Waals surface area contributed by atoms with Crippen LogP contribution in [0.25, 0.3) is 0 Å². The summed E-state index contributed by atoms with van der Waals surface area (Å²) in [5, 5.41) is 3.66. The molecule has 0 aliphatic carbocycles. The number of nitrogens with zero attached hydrogens (tertiary/aromatic N) is 2. The molecule has 2 amide bonds. The molecule has 1 N–H and O–H groups in total. The van der Waals surface area contributed by atoms with Crippen LogP contribution < -0.4 is 10.1 Å². The molecule has 144 valence electrons. The van der Waals surface area contributed by atoms with Crippen molar-refractivity contribution in [1.82, 2.24) is 15.1 Å². The lowest BCUT2D eigenvalue weighted by Crippen LogP contribution is -2.51. The van der Waals surface area contributed by atoms with Gasteiger partial charge in [-0.25, -0.2) is 4.79 Å². The van der Waals surface area contributed by atoms with E-state index in [1.54, 1.807) is 7.11 Å². The first kappa shape index (κ1) is 19.5. The molecular formula is C21H26ClN3O2. The van der Waals surface area contributed by atoms with Crippen LogP contribution in [-0.4, -0.2) is 55.7 Å². The number of benzene rings is 2. The van der Waals surface area contributed by atoms with Gasteiger partial charge in [0.1, 0.15) is 5.75 Å². The standard InChI is InChI=1S/C21H26ClN3O2/c1-27-20-8-3-2-6-18(20)9-10-24-11-13-25(14-12-24)21(26)23-16-17-5-4-7-19(22)15-17/h2-8,15H,9-14,16H2,1H3,(H,23,26). The van der Waals surface area contributed by atoms with Crippen LogP contribution in [0.4, 0.5) is 4.79 Å². The number of hydrogen-bond acceptors (Lipinski definition) is 3. The van der Waals surface area contributed by atoms with Crippen molar-refractivity contribution in [2.45, 2.75) is 13.0 Å². The third-order valence-electron chi connectivity index (χ3n) is 4.88. The zero-order valence-corrected chi connectivity index (χ0v) is 16.4. The fourth-order valence-corrected chi connectivity index (χ4v) is 3.51. The van der Waals surface area contributed by atoms with Crippen LogP contribution in [0.3, 0.4) is 0 Å². The predicted molar refractivity (Wildman–Crippen MR) is 108 cm³/mol. The molecule has 1 fully saturated rings. The molecule has 1 saturated heterocycles. The molecule has 0 radical (unpaired) electrons. The minimum absolute atomic E-state index is 0.0145. The molecule has 1 aliphatic rings. The Kier molecular flexibility index (Phi) is 6.96. The lowest BCUT2D eigenvalue weighted by Gasteiger charge is -2.34. The summed E-state index contributed by atoms with van der Waals surface area (Å²) in [6, 6.07) is 15.7. The highest BCUT2D eigenvalue weighted by Crippen LogP contribution is 2.18. The number of ether oxygens (including phenoxy) is 1. The molecule has 0 atom stereocenters. The smallest absolute Gasteiger partial charge is 0.317 e. The van der Waals surface area contributed by atoms with E-state index in [0.717, 1.165) is 50.5 Å². The van der Waals surface area contributed by atoms with Gasteiger partial charge in [-0.2, -0.15) is 0 Å². The molecule has 5 nitrogen and oxygen atoms in total. The molecule has 6 heteroatoms. The number of piperazine rings is 1. The fraction of sp³-hybridized carbons (Fsp3) is 0.381. The Hall–Kier alpha value is -2.24. The van der Waals surface area contributed by atoms with Crippen molar-refractivity contribution in [3.8, 4) is 5.75 Å². The van der Waals surface area contributed by atoms with Gasteiger partial charge >= 0.3 is 6.03 Å². The van der Waals surface area contributed by atoms with Crippen molar-refractivity contribution in [3.63, 3.8) is 0 Å². The molecule has 0 unspecified atom stereocenters. The van der Waals surface area contributed by atoms with Crippen molar-refractivity contribution >= 4 is 17.6 Å². The lowest BCUT2D eigenvalue weighted by molar-refractivity contribution is 0.139. The van der Waals surface area contributed by atoms with Crippen LogP contribution in [0.2, 0.25) is 5.02 Å². The van der Waals surface area contributed by atoms with E-state index in [-0.39, 0.29) is 6.03 Å². The van der Waals surface area contributed by atoms with Crippen LogP contribution in [0.5, 0.6) is 5.75 Å². The first-order valence-electron chi connectivity index (χ1n) is 9.27. The zero-order chi connectivity index (χ0) is 19.1. The average molecular weight is 388 g/mol. The van der Waals surface area contributed by atoms with E-state index in [0.29, 0.717) is 11.6 Å². The van der Waals surface area contributed by atoms with Gasteiger partial charge in [-0.3, -0.25) is 4.90 Å². The SMILES string of the molecule is COc1ccccc1CCN1CCN(C(=O)NCc2cccc(Cl)c2)CC1. The maximum atomic E-state index is 12.4. The van der Waals surface area contributed by atoms with E-state index in [1.165, 1.54) is 5.56 Å². The first-order valence-corrected chi connectivity index (χ1v) is 9.65.